The van der Waals surface area contributed by atoms with E-state index >= 15 is 0 Å². The normalized spacial score (nSPS) is 10.0. The molecule has 8 heteroatoms. The topological polar surface area (TPSA) is 103 Å². The molecule has 90 valence electrons. The van der Waals surface area contributed by atoms with E-state index in [-0.39, 0.29) is 11.1 Å². The number of nitro groups is 2. The van der Waals surface area contributed by atoms with E-state index in [0.717, 1.165) is 23.9 Å². The summed E-state index contributed by atoms with van der Waals surface area (Å²) in [6.07, 6.45) is 1.51. The van der Waals surface area contributed by atoms with Crippen molar-refractivity contribution in [3.63, 3.8) is 0 Å². The highest BCUT2D eigenvalue weighted by Gasteiger charge is 2.24. The van der Waals surface area contributed by atoms with Gasteiger partial charge in [-0.15, -0.1) is 0 Å². The number of non-ortho nitro benzene ring substituents is 1. The van der Waals surface area contributed by atoms with Crippen molar-refractivity contribution in [3.05, 3.63) is 43.5 Å². The maximum absolute atomic E-state index is 11.5. The van der Waals surface area contributed by atoms with Crippen molar-refractivity contribution >= 4 is 28.3 Å². The Labute approximate surface area is 100 Å². The molecule has 0 amide bonds. The van der Waals surface area contributed by atoms with Crippen LogP contribution in [-0.4, -0.2) is 21.2 Å². The quantitative estimate of drug-likeness (QED) is 0.607. The number of nitro benzene ring substituents is 2. The number of benzene rings is 1. The van der Waals surface area contributed by atoms with Crippen molar-refractivity contribution < 1.29 is 14.6 Å². The number of hydrogen-bond donors (Lipinski definition) is 0. The van der Waals surface area contributed by atoms with Crippen LogP contribution in [-0.2, 0) is 0 Å². The monoisotopic (exact) mass is 256 g/mol. The van der Waals surface area contributed by atoms with Gasteiger partial charge in [0, 0.05) is 17.2 Å². The molecule has 7 nitrogen and oxygen atoms in total. The lowest BCUT2D eigenvalue weighted by Gasteiger charge is -2.03. The largest absolute Gasteiger partial charge is 0.282 e. The molecule has 0 atom stereocenters. The van der Waals surface area contributed by atoms with E-state index in [1.807, 2.05) is 0 Å². The summed E-state index contributed by atoms with van der Waals surface area (Å²) in [6, 6.07) is 1.91. The zero-order chi connectivity index (χ0) is 13.2. The van der Waals surface area contributed by atoms with Crippen LogP contribution >= 0.6 is 11.8 Å². The molecule has 0 N–H and O–H groups in total. The van der Waals surface area contributed by atoms with Crippen LogP contribution in [0.25, 0.3) is 0 Å². The summed E-state index contributed by atoms with van der Waals surface area (Å²) >= 11 is 0.849. The molecule has 0 aliphatic carbocycles. The molecule has 0 aliphatic rings. The van der Waals surface area contributed by atoms with E-state index in [2.05, 4.69) is 0 Å². The first-order chi connectivity index (χ1) is 7.88. The van der Waals surface area contributed by atoms with Gasteiger partial charge in [-0.05, 0) is 13.2 Å². The molecule has 0 unspecified atom stereocenters. The fourth-order valence-corrected chi connectivity index (χ4v) is 1.73. The Bertz CT molecular complexity index is 514. The van der Waals surface area contributed by atoms with Gasteiger partial charge in [-0.2, -0.15) is 0 Å². The van der Waals surface area contributed by atoms with Crippen LogP contribution in [0.2, 0.25) is 0 Å². The van der Waals surface area contributed by atoms with Gasteiger partial charge in [-0.25, -0.2) is 0 Å². The summed E-state index contributed by atoms with van der Waals surface area (Å²) in [5.41, 5.74) is -0.741. The Kier molecular flexibility index (Phi) is 3.79. The Hall–Kier alpha value is -1.96. The van der Waals surface area contributed by atoms with E-state index in [0.29, 0.717) is 0 Å². The second-order valence-corrected chi connectivity index (χ2v) is 3.92. The molecule has 0 bridgehead atoms. The Morgan fingerprint density at radius 1 is 1.24 bits per heavy atom. The van der Waals surface area contributed by atoms with E-state index in [4.69, 9.17) is 0 Å². The molecule has 1 rings (SSSR count). The van der Waals surface area contributed by atoms with Crippen LogP contribution in [0.3, 0.4) is 0 Å². The highest BCUT2D eigenvalue weighted by molar-refractivity contribution is 8.13. The molecule has 0 saturated carbocycles. The predicted octanol–water partition coefficient (Wildman–Crippen LogP) is 2.31. The first kappa shape index (κ1) is 13.1. The first-order valence-electron chi connectivity index (χ1n) is 4.40. The summed E-state index contributed by atoms with van der Waals surface area (Å²) < 4.78 is 0. The van der Waals surface area contributed by atoms with Crippen molar-refractivity contribution in [1.82, 2.24) is 0 Å². The van der Waals surface area contributed by atoms with Crippen LogP contribution in [0.4, 0.5) is 11.4 Å². The van der Waals surface area contributed by atoms with Crippen LogP contribution in [0.1, 0.15) is 15.9 Å². The van der Waals surface area contributed by atoms with Gasteiger partial charge in [-0.1, -0.05) is 11.8 Å². The summed E-state index contributed by atoms with van der Waals surface area (Å²) in [5, 5.41) is 20.9. The average molecular weight is 256 g/mol. The fourth-order valence-electron chi connectivity index (χ4n) is 1.30. The molecule has 0 heterocycles. The minimum absolute atomic E-state index is 0.00148. The van der Waals surface area contributed by atoms with Gasteiger partial charge in [0.15, 0.2) is 0 Å². The number of nitrogens with zero attached hydrogens (tertiary/aromatic N) is 2. The van der Waals surface area contributed by atoms with Crippen molar-refractivity contribution in [2.45, 2.75) is 6.92 Å². The lowest BCUT2D eigenvalue weighted by atomic mass is 10.1. The molecule has 0 fully saturated rings. The van der Waals surface area contributed by atoms with Crippen molar-refractivity contribution in [1.29, 1.82) is 0 Å². The number of rotatable bonds is 3. The third-order valence-corrected chi connectivity index (χ3v) is 2.77. The predicted molar refractivity (Wildman–Crippen MR) is 62.3 cm³/mol. The molecule has 0 spiro atoms. The van der Waals surface area contributed by atoms with Gasteiger partial charge in [-0.3, -0.25) is 25.0 Å². The summed E-state index contributed by atoms with van der Waals surface area (Å²) in [6.45, 7) is 1.39. The van der Waals surface area contributed by atoms with Gasteiger partial charge in [0.05, 0.1) is 15.9 Å². The zero-order valence-electron chi connectivity index (χ0n) is 9.00. The second kappa shape index (κ2) is 4.91. The Balaban J connectivity index is 3.54. The number of thioether (sulfide) groups is 1. The van der Waals surface area contributed by atoms with E-state index in [1.54, 1.807) is 0 Å². The highest BCUT2D eigenvalue weighted by Crippen LogP contribution is 2.29. The maximum Gasteiger partial charge on any atom is 0.279 e. The minimum atomic E-state index is -0.760. The van der Waals surface area contributed by atoms with Crippen molar-refractivity contribution in [3.8, 4) is 0 Å². The number of hydrogen-bond acceptors (Lipinski definition) is 6. The fraction of sp³-hybridized carbons (Fsp3) is 0.222. The van der Waals surface area contributed by atoms with Gasteiger partial charge in [0.1, 0.15) is 0 Å². The Morgan fingerprint density at radius 2 is 1.82 bits per heavy atom. The zero-order valence-corrected chi connectivity index (χ0v) is 9.82. The summed E-state index contributed by atoms with van der Waals surface area (Å²) in [5.74, 6) is 0. The highest BCUT2D eigenvalue weighted by atomic mass is 32.2. The van der Waals surface area contributed by atoms with Crippen LogP contribution in [0.5, 0.6) is 0 Å². The molecule has 1 aromatic carbocycles. The molecule has 0 aromatic heterocycles. The second-order valence-electron chi connectivity index (χ2n) is 3.14. The number of carbonyl (C=O) groups is 1. The first-order valence-corrected chi connectivity index (χ1v) is 5.62. The van der Waals surface area contributed by atoms with Gasteiger partial charge >= 0.3 is 0 Å². The lowest BCUT2D eigenvalue weighted by molar-refractivity contribution is -0.394. The van der Waals surface area contributed by atoms with Crippen molar-refractivity contribution in [2.75, 3.05) is 6.26 Å². The minimum Gasteiger partial charge on any atom is -0.282 e. The lowest BCUT2D eigenvalue weighted by Crippen LogP contribution is -2.03. The number of carbonyl (C=O) groups excluding carboxylic acids is 1. The third kappa shape index (κ3) is 2.59. The summed E-state index contributed by atoms with van der Waals surface area (Å²) in [7, 11) is 0. The molecular formula is C9H8N2O5S. The van der Waals surface area contributed by atoms with E-state index < -0.39 is 26.3 Å². The van der Waals surface area contributed by atoms with E-state index in [9.17, 15) is 25.0 Å². The van der Waals surface area contributed by atoms with Crippen LogP contribution < -0.4 is 0 Å². The van der Waals surface area contributed by atoms with Gasteiger partial charge in [0.25, 0.3) is 11.4 Å². The molecule has 1 aromatic rings. The summed E-state index contributed by atoms with van der Waals surface area (Å²) in [4.78, 5) is 31.3. The molecule has 17 heavy (non-hydrogen) atoms. The van der Waals surface area contributed by atoms with Crippen LogP contribution in [0.15, 0.2) is 12.1 Å². The maximum atomic E-state index is 11.5. The van der Waals surface area contributed by atoms with Crippen LogP contribution in [0, 0.1) is 27.2 Å². The van der Waals surface area contributed by atoms with Crippen molar-refractivity contribution in [2.24, 2.45) is 0 Å². The molecule has 0 radical (unpaired) electrons. The molecular weight excluding hydrogens is 248 g/mol. The average Bonchev–Trinajstić information content (AvgIpc) is 2.27. The van der Waals surface area contributed by atoms with E-state index in [1.165, 1.54) is 13.2 Å². The standard InChI is InChI=1S/C9H8N2O5S/c1-5-7(9(12)17-2)3-6(10(13)14)4-8(5)11(15)16/h3-4H,1-2H3. The third-order valence-electron chi connectivity index (χ3n) is 2.18. The Morgan fingerprint density at radius 3 is 2.24 bits per heavy atom. The van der Waals surface area contributed by atoms with Gasteiger partial charge < -0.3 is 0 Å². The molecule has 0 saturated heterocycles. The molecule has 0 aliphatic heterocycles. The smallest absolute Gasteiger partial charge is 0.279 e. The van der Waals surface area contributed by atoms with Gasteiger partial charge in [0.2, 0.25) is 5.12 Å². The SMILES string of the molecule is CSC(=O)c1cc([N+](=O)[O-])cc([N+](=O)[O-])c1C.